The van der Waals surface area contributed by atoms with Gasteiger partial charge < -0.3 is 15.0 Å². The second-order valence-electron chi connectivity index (χ2n) is 7.61. The summed E-state index contributed by atoms with van der Waals surface area (Å²) in [6.45, 7) is 1.97. The molecule has 2 aromatic carbocycles. The topological polar surface area (TPSA) is 71.5 Å². The van der Waals surface area contributed by atoms with Crippen LogP contribution in [0.2, 0.25) is 5.15 Å². The fourth-order valence-electron chi connectivity index (χ4n) is 3.65. The molecular weight excluding hydrogens is 452 g/mol. The highest BCUT2D eigenvalue weighted by molar-refractivity contribution is 6.33. The molecule has 0 bridgehead atoms. The summed E-state index contributed by atoms with van der Waals surface area (Å²) in [5.41, 5.74) is 1.67. The maximum Gasteiger partial charge on any atom is 0.264 e. The second-order valence-corrected chi connectivity index (χ2v) is 7.96. The number of nitrogens with one attached hydrogen (secondary N) is 1. The van der Waals surface area contributed by atoms with Crippen molar-refractivity contribution in [3.63, 3.8) is 0 Å². The SMILES string of the molecule is CCC1Oc2ccc(NC(=O)c3cccnc3Cl)cc2CN(Cc2cc(F)cc(F)c2)C1=O. The molecule has 6 nitrogen and oxygen atoms in total. The number of fused-ring (bicyclic) bond motifs is 1. The number of nitrogens with zero attached hydrogens (tertiary/aromatic N) is 2. The van der Waals surface area contributed by atoms with E-state index in [-0.39, 0.29) is 29.7 Å². The van der Waals surface area contributed by atoms with E-state index in [1.165, 1.54) is 23.2 Å². The third kappa shape index (κ3) is 5.12. The molecule has 0 fully saturated rings. The number of pyridine rings is 1. The first-order chi connectivity index (χ1) is 15.8. The molecular formula is C24H20ClF2N3O3. The number of carbonyl (C=O) groups excluding carboxylic acids is 2. The van der Waals surface area contributed by atoms with Crippen molar-refractivity contribution in [1.29, 1.82) is 0 Å². The Bertz CT molecular complexity index is 1200. The molecule has 1 unspecified atom stereocenters. The van der Waals surface area contributed by atoms with E-state index >= 15 is 0 Å². The molecule has 1 aliphatic rings. The average Bonchev–Trinajstić information content (AvgIpc) is 2.89. The van der Waals surface area contributed by atoms with Gasteiger partial charge >= 0.3 is 0 Å². The van der Waals surface area contributed by atoms with Crippen molar-refractivity contribution in [2.75, 3.05) is 5.32 Å². The van der Waals surface area contributed by atoms with Crippen molar-refractivity contribution >= 4 is 29.1 Å². The fraction of sp³-hybridized carbons (Fsp3) is 0.208. The van der Waals surface area contributed by atoms with Crippen molar-refractivity contribution in [3.05, 3.63) is 88.2 Å². The van der Waals surface area contributed by atoms with Gasteiger partial charge in [-0.15, -0.1) is 0 Å². The number of rotatable bonds is 5. The van der Waals surface area contributed by atoms with Crippen LogP contribution in [-0.4, -0.2) is 27.8 Å². The molecule has 0 aliphatic carbocycles. The summed E-state index contributed by atoms with van der Waals surface area (Å²) in [6, 6.07) is 11.4. The zero-order valence-electron chi connectivity index (χ0n) is 17.6. The molecule has 1 aromatic heterocycles. The largest absolute Gasteiger partial charge is 0.480 e. The van der Waals surface area contributed by atoms with Gasteiger partial charge in [0, 0.05) is 36.6 Å². The number of hydrogen-bond donors (Lipinski definition) is 1. The summed E-state index contributed by atoms with van der Waals surface area (Å²) in [4.78, 5) is 31.0. The lowest BCUT2D eigenvalue weighted by molar-refractivity contribution is -0.139. The van der Waals surface area contributed by atoms with Gasteiger partial charge in [0.15, 0.2) is 6.10 Å². The Kier molecular flexibility index (Phi) is 6.55. The molecule has 0 spiro atoms. The van der Waals surface area contributed by atoms with Crippen molar-refractivity contribution in [3.8, 4) is 5.75 Å². The molecule has 3 aromatic rings. The van der Waals surface area contributed by atoms with Gasteiger partial charge in [-0.2, -0.15) is 0 Å². The minimum absolute atomic E-state index is 0.00862. The van der Waals surface area contributed by atoms with Crippen LogP contribution in [-0.2, 0) is 17.9 Å². The first-order valence-electron chi connectivity index (χ1n) is 10.3. The van der Waals surface area contributed by atoms with Gasteiger partial charge in [-0.25, -0.2) is 13.8 Å². The minimum Gasteiger partial charge on any atom is -0.480 e. The number of hydrogen-bond acceptors (Lipinski definition) is 4. The van der Waals surface area contributed by atoms with Crippen LogP contribution in [0.5, 0.6) is 5.75 Å². The minimum atomic E-state index is -0.737. The van der Waals surface area contributed by atoms with Crippen molar-refractivity contribution in [2.45, 2.75) is 32.5 Å². The average molecular weight is 472 g/mol. The molecule has 9 heteroatoms. The number of anilines is 1. The van der Waals surface area contributed by atoms with E-state index in [0.29, 0.717) is 29.0 Å². The zero-order valence-corrected chi connectivity index (χ0v) is 18.4. The zero-order chi connectivity index (χ0) is 23.5. The van der Waals surface area contributed by atoms with E-state index < -0.39 is 23.6 Å². The summed E-state index contributed by atoms with van der Waals surface area (Å²) < 4.78 is 33.2. The molecule has 2 amide bonds. The monoisotopic (exact) mass is 471 g/mol. The number of benzene rings is 2. The van der Waals surface area contributed by atoms with Gasteiger partial charge in [-0.3, -0.25) is 9.59 Å². The summed E-state index contributed by atoms with van der Waals surface area (Å²) in [5.74, 6) is -1.64. The quantitative estimate of drug-likeness (QED) is 0.533. The van der Waals surface area contributed by atoms with Crippen LogP contribution in [0.3, 0.4) is 0 Å². The van der Waals surface area contributed by atoms with Crippen LogP contribution in [0, 0.1) is 11.6 Å². The van der Waals surface area contributed by atoms with Crippen molar-refractivity contribution in [1.82, 2.24) is 9.88 Å². The Morgan fingerprint density at radius 3 is 2.67 bits per heavy atom. The first kappa shape index (κ1) is 22.7. The summed E-state index contributed by atoms with van der Waals surface area (Å²) in [5, 5.41) is 2.85. The Hall–Kier alpha value is -3.52. The lowest BCUT2D eigenvalue weighted by Gasteiger charge is -2.23. The Morgan fingerprint density at radius 1 is 1.21 bits per heavy atom. The van der Waals surface area contributed by atoms with Crippen molar-refractivity contribution in [2.24, 2.45) is 0 Å². The van der Waals surface area contributed by atoms with Gasteiger partial charge in [-0.05, 0) is 54.4 Å². The number of ether oxygens (including phenoxy) is 1. The van der Waals surface area contributed by atoms with Gasteiger partial charge in [0.1, 0.15) is 22.5 Å². The van der Waals surface area contributed by atoms with Gasteiger partial charge in [-0.1, -0.05) is 18.5 Å². The normalized spacial score (nSPS) is 15.5. The van der Waals surface area contributed by atoms with Gasteiger partial charge in [0.05, 0.1) is 5.56 Å². The molecule has 33 heavy (non-hydrogen) atoms. The highest BCUT2D eigenvalue weighted by atomic mass is 35.5. The molecule has 1 N–H and O–H groups in total. The third-order valence-electron chi connectivity index (χ3n) is 5.21. The number of aromatic nitrogens is 1. The fourth-order valence-corrected chi connectivity index (χ4v) is 3.86. The molecule has 0 radical (unpaired) electrons. The third-order valence-corrected chi connectivity index (χ3v) is 5.51. The number of halogens is 3. The summed E-state index contributed by atoms with van der Waals surface area (Å²) in [7, 11) is 0. The molecule has 1 aliphatic heterocycles. The maximum atomic E-state index is 13.7. The summed E-state index contributed by atoms with van der Waals surface area (Å²) >= 11 is 6.00. The Balaban J connectivity index is 1.61. The molecule has 4 rings (SSSR count). The highest BCUT2D eigenvalue weighted by Gasteiger charge is 2.30. The molecule has 170 valence electrons. The predicted molar refractivity (Wildman–Crippen MR) is 119 cm³/mol. The van der Waals surface area contributed by atoms with E-state index in [0.717, 1.165) is 6.07 Å². The van der Waals surface area contributed by atoms with Crippen LogP contribution in [0.4, 0.5) is 14.5 Å². The van der Waals surface area contributed by atoms with Gasteiger partial charge in [0.25, 0.3) is 11.8 Å². The molecule has 2 heterocycles. The first-order valence-corrected chi connectivity index (χ1v) is 10.7. The molecule has 0 saturated carbocycles. The Morgan fingerprint density at radius 2 is 1.97 bits per heavy atom. The standard InChI is InChI=1S/C24H20ClF2N3O3/c1-2-20-24(32)30(12-14-8-16(26)11-17(27)9-14)13-15-10-18(5-6-21(15)33-20)29-23(31)19-4-3-7-28-22(19)25/h3-11,20H,2,12-13H2,1H3,(H,29,31). The van der Waals surface area contributed by atoms with Crippen LogP contribution in [0.1, 0.15) is 34.8 Å². The molecule has 1 atom stereocenters. The lowest BCUT2D eigenvalue weighted by atomic mass is 10.1. The predicted octanol–water partition coefficient (Wildman–Crippen LogP) is 4.97. The van der Waals surface area contributed by atoms with E-state index in [1.807, 2.05) is 6.92 Å². The maximum absolute atomic E-state index is 13.7. The Labute approximate surface area is 194 Å². The smallest absolute Gasteiger partial charge is 0.264 e. The van der Waals surface area contributed by atoms with Gasteiger partial charge in [0.2, 0.25) is 0 Å². The highest BCUT2D eigenvalue weighted by Crippen LogP contribution is 2.30. The van der Waals surface area contributed by atoms with Crippen molar-refractivity contribution < 1.29 is 23.1 Å². The van der Waals surface area contributed by atoms with Crippen LogP contribution in [0.15, 0.2) is 54.7 Å². The molecule has 0 saturated heterocycles. The van der Waals surface area contributed by atoms with E-state index in [1.54, 1.807) is 30.3 Å². The lowest BCUT2D eigenvalue weighted by Crippen LogP contribution is -2.38. The van der Waals surface area contributed by atoms with Crippen LogP contribution in [0.25, 0.3) is 0 Å². The second kappa shape index (κ2) is 9.54. The summed E-state index contributed by atoms with van der Waals surface area (Å²) in [6.07, 6.45) is 1.17. The van der Waals surface area contributed by atoms with E-state index in [4.69, 9.17) is 16.3 Å². The number of carbonyl (C=O) groups is 2. The van der Waals surface area contributed by atoms with E-state index in [9.17, 15) is 18.4 Å². The van der Waals surface area contributed by atoms with E-state index in [2.05, 4.69) is 10.3 Å². The van der Waals surface area contributed by atoms with Crippen LogP contribution < -0.4 is 10.1 Å². The number of amides is 2. The van der Waals surface area contributed by atoms with Crippen LogP contribution >= 0.6 is 11.6 Å².